The molecule has 0 heterocycles. The number of carbonyl (C=O) groups is 4. The van der Waals surface area contributed by atoms with Gasteiger partial charge in [0.25, 0.3) is 5.91 Å². The number of aliphatic hydroxyl groups is 3. The standard InChI is InChI=1S/C25H28N2O9/c1-10(2)9-36-24(34)27-8-11-3-4-15(28)18-14(11)6-12-5-13-7-16(29)19(23(26)33)22(32)25(13,35)21(31)17(12)20(18)30/h3-4,10,12-13,28,30,32,35H,5-9H2,1-2H3,(H2,26,33)(H,27,34). The highest BCUT2D eigenvalue weighted by Gasteiger charge is 2.60. The van der Waals surface area contributed by atoms with E-state index in [-0.39, 0.29) is 48.8 Å². The van der Waals surface area contributed by atoms with Crippen LogP contribution in [0.25, 0.3) is 5.76 Å². The van der Waals surface area contributed by atoms with Crippen LogP contribution in [0.4, 0.5) is 4.79 Å². The van der Waals surface area contributed by atoms with Gasteiger partial charge in [0.1, 0.15) is 22.8 Å². The molecule has 3 atom stereocenters. The topological polar surface area (TPSA) is 196 Å². The number of benzene rings is 1. The summed E-state index contributed by atoms with van der Waals surface area (Å²) in [5, 5.41) is 46.0. The van der Waals surface area contributed by atoms with Gasteiger partial charge in [-0.2, -0.15) is 0 Å². The number of carbonyl (C=O) groups excluding carboxylic acids is 4. The SMILES string of the molecule is CC(C)COC(=O)NCc1ccc(O)c2c1CC1CC3CC(=O)C(C(N)=O)=C(O)C3(O)C(=O)C1=C2O. The lowest BCUT2D eigenvalue weighted by Crippen LogP contribution is -2.58. The molecule has 3 aliphatic carbocycles. The number of hydrogen-bond donors (Lipinski definition) is 6. The van der Waals surface area contributed by atoms with Gasteiger partial charge in [-0.15, -0.1) is 0 Å². The number of aliphatic hydroxyl groups excluding tert-OH is 2. The van der Waals surface area contributed by atoms with Gasteiger partial charge >= 0.3 is 6.09 Å². The summed E-state index contributed by atoms with van der Waals surface area (Å²) in [4.78, 5) is 49.6. The first-order valence-corrected chi connectivity index (χ1v) is 11.6. The van der Waals surface area contributed by atoms with Crippen molar-refractivity contribution in [3.05, 3.63) is 45.7 Å². The summed E-state index contributed by atoms with van der Waals surface area (Å²) in [5.74, 6) is -6.67. The van der Waals surface area contributed by atoms with E-state index in [0.717, 1.165) is 0 Å². The maximum absolute atomic E-state index is 13.5. The molecule has 1 fully saturated rings. The predicted octanol–water partition coefficient (Wildman–Crippen LogP) is 1.31. The van der Waals surface area contributed by atoms with Gasteiger partial charge < -0.3 is 36.2 Å². The second-order valence-electron chi connectivity index (χ2n) is 9.85. The molecule has 192 valence electrons. The minimum Gasteiger partial charge on any atom is -0.508 e. The Bertz CT molecular complexity index is 1250. The maximum atomic E-state index is 13.5. The summed E-state index contributed by atoms with van der Waals surface area (Å²) in [5.41, 5.74) is 2.55. The number of rotatable bonds is 5. The van der Waals surface area contributed by atoms with Crippen LogP contribution < -0.4 is 11.1 Å². The fraction of sp³-hybridized carbons (Fsp3) is 0.440. The van der Waals surface area contributed by atoms with Crippen LogP contribution in [-0.2, 0) is 32.1 Å². The number of phenolic OH excluding ortho intramolecular Hbond substituents is 1. The Balaban J connectivity index is 1.73. The fourth-order valence-electron chi connectivity index (χ4n) is 5.31. The number of aromatic hydroxyl groups is 1. The van der Waals surface area contributed by atoms with Gasteiger partial charge in [-0.3, -0.25) is 14.4 Å². The van der Waals surface area contributed by atoms with Crippen LogP contribution in [0.5, 0.6) is 5.75 Å². The predicted molar refractivity (Wildman–Crippen MR) is 124 cm³/mol. The molecule has 0 aliphatic heterocycles. The minimum atomic E-state index is -2.61. The first-order chi connectivity index (χ1) is 16.9. The number of ether oxygens (including phenoxy) is 1. The molecule has 1 aromatic carbocycles. The molecule has 11 nitrogen and oxygen atoms in total. The van der Waals surface area contributed by atoms with E-state index < -0.39 is 64.5 Å². The Hall–Kier alpha value is -3.86. The molecule has 1 saturated carbocycles. The van der Waals surface area contributed by atoms with E-state index in [1.807, 2.05) is 13.8 Å². The maximum Gasteiger partial charge on any atom is 0.407 e. The van der Waals surface area contributed by atoms with Crippen LogP contribution >= 0.6 is 0 Å². The Kier molecular flexibility index (Phi) is 6.29. The Morgan fingerprint density at radius 1 is 1.19 bits per heavy atom. The number of hydrogen-bond acceptors (Lipinski definition) is 9. The molecule has 0 radical (unpaired) electrons. The molecule has 0 saturated heterocycles. The Morgan fingerprint density at radius 3 is 2.53 bits per heavy atom. The molecule has 7 N–H and O–H groups in total. The van der Waals surface area contributed by atoms with Crippen LogP contribution in [0.3, 0.4) is 0 Å². The molecular weight excluding hydrogens is 472 g/mol. The Labute approximate surface area is 206 Å². The van der Waals surface area contributed by atoms with Crippen molar-refractivity contribution in [2.75, 3.05) is 6.61 Å². The molecule has 11 heteroatoms. The van der Waals surface area contributed by atoms with Gasteiger partial charge in [-0.1, -0.05) is 19.9 Å². The highest BCUT2D eigenvalue weighted by atomic mass is 16.5. The van der Waals surface area contributed by atoms with Crippen LogP contribution in [0.1, 0.15) is 43.4 Å². The quantitative estimate of drug-likeness (QED) is 0.323. The second-order valence-corrected chi connectivity index (χ2v) is 9.85. The zero-order valence-electron chi connectivity index (χ0n) is 19.8. The molecule has 36 heavy (non-hydrogen) atoms. The summed E-state index contributed by atoms with van der Waals surface area (Å²) in [6.45, 7) is 4.05. The second kappa shape index (κ2) is 8.98. The summed E-state index contributed by atoms with van der Waals surface area (Å²) in [7, 11) is 0. The summed E-state index contributed by atoms with van der Waals surface area (Å²) >= 11 is 0. The van der Waals surface area contributed by atoms with Crippen LogP contribution in [0.15, 0.2) is 29.0 Å². The minimum absolute atomic E-state index is 0.0279. The fourth-order valence-corrected chi connectivity index (χ4v) is 5.31. The third kappa shape index (κ3) is 3.89. The van der Waals surface area contributed by atoms with Gasteiger partial charge in [0.2, 0.25) is 5.78 Å². The van der Waals surface area contributed by atoms with E-state index in [0.29, 0.717) is 11.1 Å². The lowest BCUT2D eigenvalue weighted by molar-refractivity contribution is -0.147. The van der Waals surface area contributed by atoms with Gasteiger partial charge in [0.05, 0.1) is 12.2 Å². The van der Waals surface area contributed by atoms with E-state index in [4.69, 9.17) is 10.5 Å². The van der Waals surface area contributed by atoms with E-state index in [2.05, 4.69) is 5.32 Å². The molecule has 1 aromatic rings. The molecular formula is C25H28N2O9. The molecule has 2 amide bonds. The van der Waals surface area contributed by atoms with Gasteiger partial charge in [-0.25, -0.2) is 4.79 Å². The van der Waals surface area contributed by atoms with Crippen molar-refractivity contribution in [2.24, 2.45) is 23.5 Å². The van der Waals surface area contributed by atoms with Crippen molar-refractivity contribution in [3.63, 3.8) is 0 Å². The smallest absolute Gasteiger partial charge is 0.407 e. The van der Waals surface area contributed by atoms with Gasteiger partial charge in [-0.05, 0) is 41.9 Å². The zero-order chi connectivity index (χ0) is 26.5. The van der Waals surface area contributed by atoms with Crippen LogP contribution in [0, 0.1) is 17.8 Å². The summed E-state index contributed by atoms with van der Waals surface area (Å²) in [6.07, 6.45) is -0.839. The lowest BCUT2D eigenvalue weighted by Gasteiger charge is -2.46. The molecule has 4 rings (SSSR count). The van der Waals surface area contributed by atoms with Gasteiger partial charge in [0.15, 0.2) is 11.4 Å². The number of phenols is 1. The van der Waals surface area contributed by atoms with E-state index in [1.54, 1.807) is 6.07 Å². The van der Waals surface area contributed by atoms with Gasteiger partial charge in [0, 0.05) is 24.5 Å². The van der Waals surface area contributed by atoms with Crippen LogP contribution in [-0.4, -0.2) is 56.2 Å². The molecule has 0 spiro atoms. The first-order valence-electron chi connectivity index (χ1n) is 11.6. The lowest BCUT2D eigenvalue weighted by atomic mass is 9.59. The van der Waals surface area contributed by atoms with Crippen molar-refractivity contribution in [3.8, 4) is 5.75 Å². The first kappa shape index (κ1) is 25.2. The monoisotopic (exact) mass is 500 g/mol. The van der Waals surface area contributed by atoms with Crippen molar-refractivity contribution < 1.29 is 44.3 Å². The van der Waals surface area contributed by atoms with Crippen molar-refractivity contribution in [1.29, 1.82) is 0 Å². The molecule has 0 aromatic heterocycles. The number of nitrogens with two attached hydrogens (primary N) is 1. The largest absolute Gasteiger partial charge is 0.508 e. The molecule has 3 unspecified atom stereocenters. The number of fused-ring (bicyclic) bond motifs is 3. The Morgan fingerprint density at radius 2 is 1.89 bits per heavy atom. The number of nitrogens with one attached hydrogen (secondary N) is 1. The van der Waals surface area contributed by atoms with E-state index >= 15 is 0 Å². The number of amides is 2. The van der Waals surface area contributed by atoms with E-state index in [1.165, 1.54) is 6.07 Å². The van der Waals surface area contributed by atoms with Crippen molar-refractivity contribution in [2.45, 2.75) is 45.3 Å². The van der Waals surface area contributed by atoms with Crippen molar-refractivity contribution >= 4 is 29.3 Å². The number of Topliss-reactive ketones (excluding diaryl/α,β-unsaturated/α-hetero) is 2. The average molecular weight is 501 g/mol. The number of ketones is 2. The average Bonchev–Trinajstić information content (AvgIpc) is 2.79. The van der Waals surface area contributed by atoms with Crippen molar-refractivity contribution in [1.82, 2.24) is 5.32 Å². The summed E-state index contributed by atoms with van der Waals surface area (Å²) < 4.78 is 5.11. The molecule has 0 bridgehead atoms. The normalized spacial score (nSPS) is 25.3. The zero-order valence-corrected chi connectivity index (χ0v) is 19.8. The highest BCUT2D eigenvalue weighted by molar-refractivity contribution is 6.22. The summed E-state index contributed by atoms with van der Waals surface area (Å²) in [6, 6.07) is 2.88. The highest BCUT2D eigenvalue weighted by Crippen LogP contribution is 2.52. The molecule has 3 aliphatic rings. The van der Waals surface area contributed by atoms with Crippen LogP contribution in [0.2, 0.25) is 0 Å². The third-order valence-electron chi connectivity index (χ3n) is 7.02. The third-order valence-corrected chi connectivity index (χ3v) is 7.02. The number of primary amides is 1. The van der Waals surface area contributed by atoms with E-state index in [9.17, 15) is 39.6 Å². The number of alkyl carbamates (subject to hydrolysis) is 1.